The summed E-state index contributed by atoms with van der Waals surface area (Å²) in [4.78, 5) is 13.2. The van der Waals surface area contributed by atoms with Crippen molar-refractivity contribution in [3.63, 3.8) is 0 Å². The molecule has 0 saturated carbocycles. The Hall–Kier alpha value is -4.28. The molecule has 44 heavy (non-hydrogen) atoms. The number of amides is 1. The van der Waals surface area contributed by atoms with Gasteiger partial charge in [-0.15, -0.1) is 0 Å². The van der Waals surface area contributed by atoms with Gasteiger partial charge in [-0.3, -0.25) is 4.79 Å². The third-order valence-electron chi connectivity index (χ3n) is 7.20. The third-order valence-corrected chi connectivity index (χ3v) is 7.20. The fourth-order valence-electron chi connectivity index (χ4n) is 5.16. The number of hydrogen-bond donors (Lipinski definition) is 1. The molecule has 0 aliphatic heterocycles. The van der Waals surface area contributed by atoms with Crippen LogP contribution in [0.2, 0.25) is 0 Å². The first-order valence-electron chi connectivity index (χ1n) is 13.4. The lowest BCUT2D eigenvalue weighted by molar-refractivity contribution is -0.140. The normalized spacial score (nSPS) is 13.5. The molecule has 0 heterocycles. The van der Waals surface area contributed by atoms with Gasteiger partial charge < -0.3 is 5.32 Å². The average Bonchev–Trinajstić information content (AvgIpc) is 2.94. The summed E-state index contributed by atoms with van der Waals surface area (Å²) in [5.41, 5.74) is -4.96. The zero-order chi connectivity index (χ0) is 32.4. The molecule has 0 saturated heterocycles. The predicted octanol–water partition coefficient (Wildman–Crippen LogP) is 9.10. The highest BCUT2D eigenvalue weighted by molar-refractivity contribution is 5.94. The van der Waals surface area contributed by atoms with Crippen LogP contribution in [0.15, 0.2) is 84.9 Å². The Balaban J connectivity index is 1.97. The van der Waals surface area contributed by atoms with E-state index < -0.39 is 64.4 Å². The van der Waals surface area contributed by atoms with Crippen molar-refractivity contribution in [2.45, 2.75) is 38.0 Å². The summed E-state index contributed by atoms with van der Waals surface area (Å²) in [5.74, 6) is -4.56. The molecule has 4 aromatic carbocycles. The van der Waals surface area contributed by atoms with Crippen molar-refractivity contribution in [2.24, 2.45) is 5.92 Å². The van der Waals surface area contributed by atoms with Gasteiger partial charge in [0.1, 0.15) is 17.5 Å². The summed E-state index contributed by atoms with van der Waals surface area (Å²) in [6, 6.07) is 15.1. The van der Waals surface area contributed by atoms with Gasteiger partial charge >= 0.3 is 12.4 Å². The Kier molecular flexibility index (Phi) is 9.18. The van der Waals surface area contributed by atoms with Crippen molar-refractivity contribution < 1.29 is 44.3 Å². The van der Waals surface area contributed by atoms with Crippen LogP contribution in [-0.2, 0) is 24.2 Å². The van der Waals surface area contributed by atoms with E-state index in [1.807, 2.05) is 13.8 Å². The smallest absolute Gasteiger partial charge is 0.350 e. The third kappa shape index (κ3) is 6.92. The lowest BCUT2D eigenvalue weighted by Crippen LogP contribution is -2.43. The van der Waals surface area contributed by atoms with Crippen molar-refractivity contribution in [3.8, 4) is 0 Å². The molecule has 11 heteroatoms. The van der Waals surface area contributed by atoms with Crippen LogP contribution in [0.1, 0.15) is 57.6 Å². The Bertz CT molecular complexity index is 1650. The SMILES string of the molecule is CC(C)Cc1cc(C(CNC(=O)c2ccc(F)c(C(F)(F)F)c2)(c2ccccc2)c2cc(F)cc(C(F)(F)F)c2)ccc1F. The predicted molar refractivity (Wildman–Crippen MR) is 146 cm³/mol. The second-order valence-corrected chi connectivity index (χ2v) is 10.8. The molecular weight excluding hydrogens is 597 g/mol. The highest BCUT2D eigenvalue weighted by atomic mass is 19.4. The average molecular weight is 624 g/mol. The van der Waals surface area contributed by atoms with E-state index in [4.69, 9.17) is 0 Å². The fourth-order valence-corrected chi connectivity index (χ4v) is 5.16. The van der Waals surface area contributed by atoms with Gasteiger partial charge in [-0.1, -0.05) is 56.3 Å². The minimum atomic E-state index is -5.11. The maximum atomic E-state index is 14.9. The highest BCUT2D eigenvalue weighted by Crippen LogP contribution is 2.42. The summed E-state index contributed by atoms with van der Waals surface area (Å²) in [5, 5.41) is 2.46. The molecule has 1 amide bonds. The molecule has 0 radical (unpaired) electrons. The lowest BCUT2D eigenvalue weighted by Gasteiger charge is -2.37. The summed E-state index contributed by atoms with van der Waals surface area (Å²) in [6.07, 6.45) is -9.83. The van der Waals surface area contributed by atoms with E-state index in [2.05, 4.69) is 5.32 Å². The molecule has 4 aromatic rings. The topological polar surface area (TPSA) is 29.1 Å². The Morgan fingerprint density at radius 1 is 0.682 bits per heavy atom. The summed E-state index contributed by atoms with van der Waals surface area (Å²) in [6.45, 7) is 3.07. The molecule has 0 bridgehead atoms. The van der Waals surface area contributed by atoms with Crippen molar-refractivity contribution in [1.29, 1.82) is 0 Å². The standard InChI is InChI=1S/C33H26F9NO/c1-19(2)12-21-13-23(9-11-28(21)35)31(22-6-4-3-5-7-22,24-15-25(32(37,38)39)17-26(34)16-24)18-43-30(44)20-8-10-29(36)27(14-20)33(40,41)42/h3-11,13-17,19H,12,18H2,1-2H3,(H,43,44). The lowest BCUT2D eigenvalue weighted by atomic mass is 9.68. The van der Waals surface area contributed by atoms with Gasteiger partial charge in [-0.05, 0) is 77.1 Å². The van der Waals surface area contributed by atoms with E-state index in [1.165, 1.54) is 24.3 Å². The molecule has 4 rings (SSSR count). The number of hydrogen-bond acceptors (Lipinski definition) is 1. The van der Waals surface area contributed by atoms with Crippen molar-refractivity contribution in [3.05, 3.63) is 141 Å². The maximum Gasteiger partial charge on any atom is 0.419 e. The molecular formula is C33H26F9NO. The number of alkyl halides is 6. The minimum Gasteiger partial charge on any atom is -0.350 e. The van der Waals surface area contributed by atoms with E-state index in [1.54, 1.807) is 18.2 Å². The van der Waals surface area contributed by atoms with E-state index in [0.29, 0.717) is 24.3 Å². The molecule has 0 fully saturated rings. The first-order valence-corrected chi connectivity index (χ1v) is 13.4. The number of benzene rings is 4. The van der Waals surface area contributed by atoms with Crippen molar-refractivity contribution >= 4 is 5.91 Å². The second kappa shape index (κ2) is 12.4. The molecule has 0 aliphatic rings. The number of halogens is 9. The Labute approximate surface area is 247 Å². The van der Waals surface area contributed by atoms with Crippen LogP contribution >= 0.6 is 0 Å². The Morgan fingerprint density at radius 3 is 1.93 bits per heavy atom. The monoisotopic (exact) mass is 623 g/mol. The van der Waals surface area contributed by atoms with Crippen molar-refractivity contribution in [2.75, 3.05) is 6.54 Å². The first kappa shape index (κ1) is 32.6. The summed E-state index contributed by atoms with van der Waals surface area (Å²) < 4.78 is 125. The number of carbonyl (C=O) groups is 1. The molecule has 1 N–H and O–H groups in total. The number of nitrogens with one attached hydrogen (secondary N) is 1. The number of carbonyl (C=O) groups excluding carboxylic acids is 1. The maximum absolute atomic E-state index is 14.9. The first-order chi connectivity index (χ1) is 20.5. The fraction of sp³-hybridized carbons (Fsp3) is 0.242. The summed E-state index contributed by atoms with van der Waals surface area (Å²) >= 11 is 0. The van der Waals surface area contributed by atoms with Crippen LogP contribution in [0.4, 0.5) is 39.5 Å². The minimum absolute atomic E-state index is 0.0297. The van der Waals surface area contributed by atoms with E-state index >= 15 is 0 Å². The van der Waals surface area contributed by atoms with Gasteiger partial charge in [-0.25, -0.2) is 13.2 Å². The molecule has 1 atom stereocenters. The highest BCUT2D eigenvalue weighted by Gasteiger charge is 2.41. The van der Waals surface area contributed by atoms with E-state index in [-0.39, 0.29) is 34.6 Å². The molecule has 232 valence electrons. The van der Waals surface area contributed by atoms with Gasteiger partial charge in [0.05, 0.1) is 16.5 Å². The van der Waals surface area contributed by atoms with Crippen molar-refractivity contribution in [1.82, 2.24) is 5.32 Å². The largest absolute Gasteiger partial charge is 0.419 e. The van der Waals surface area contributed by atoms with Crippen LogP contribution in [-0.4, -0.2) is 12.5 Å². The van der Waals surface area contributed by atoms with Gasteiger partial charge in [0.2, 0.25) is 0 Å². The van der Waals surface area contributed by atoms with Gasteiger partial charge in [0.15, 0.2) is 0 Å². The molecule has 0 spiro atoms. The number of rotatable bonds is 8. The second-order valence-electron chi connectivity index (χ2n) is 10.8. The van der Waals surface area contributed by atoms with Crippen LogP contribution in [0.5, 0.6) is 0 Å². The quantitative estimate of drug-likeness (QED) is 0.154. The molecule has 1 unspecified atom stereocenters. The summed E-state index contributed by atoms with van der Waals surface area (Å²) in [7, 11) is 0. The molecule has 0 aromatic heterocycles. The Morgan fingerprint density at radius 2 is 1.32 bits per heavy atom. The van der Waals surface area contributed by atoms with Gasteiger partial charge in [0.25, 0.3) is 5.91 Å². The van der Waals surface area contributed by atoms with Crippen LogP contribution in [0.25, 0.3) is 0 Å². The zero-order valence-corrected chi connectivity index (χ0v) is 23.4. The van der Waals surface area contributed by atoms with E-state index in [0.717, 1.165) is 18.2 Å². The van der Waals surface area contributed by atoms with Gasteiger partial charge in [0, 0.05) is 12.1 Å². The van der Waals surface area contributed by atoms with E-state index in [9.17, 15) is 44.3 Å². The molecule has 2 nitrogen and oxygen atoms in total. The van der Waals surface area contributed by atoms with Crippen LogP contribution < -0.4 is 5.32 Å². The van der Waals surface area contributed by atoms with Gasteiger partial charge in [-0.2, -0.15) is 26.3 Å². The molecule has 0 aliphatic carbocycles. The zero-order valence-electron chi connectivity index (χ0n) is 23.4. The van der Waals surface area contributed by atoms with Crippen LogP contribution in [0, 0.1) is 23.4 Å². The van der Waals surface area contributed by atoms with Crippen LogP contribution in [0.3, 0.4) is 0 Å².